The molecule has 0 fully saturated rings. The summed E-state index contributed by atoms with van der Waals surface area (Å²) in [6, 6.07) is 15.0. The zero-order chi connectivity index (χ0) is 18.1. The summed E-state index contributed by atoms with van der Waals surface area (Å²) in [5.74, 6) is 1.37. The smallest absolute Gasteiger partial charge is 0.255 e. The number of hydrogen-bond donors (Lipinski definition) is 2. The van der Waals surface area contributed by atoms with Crippen molar-refractivity contribution in [1.82, 2.24) is 5.32 Å². The molecule has 132 valence electrons. The van der Waals surface area contributed by atoms with E-state index in [1.165, 1.54) is 0 Å². The molecule has 0 saturated carbocycles. The van der Waals surface area contributed by atoms with Gasteiger partial charge in [-0.05, 0) is 48.9 Å². The van der Waals surface area contributed by atoms with Crippen molar-refractivity contribution >= 4 is 29.3 Å². The first-order chi connectivity index (χ1) is 12.1. The second-order valence-electron chi connectivity index (χ2n) is 5.85. The first kappa shape index (κ1) is 19.1. The van der Waals surface area contributed by atoms with Crippen LogP contribution in [-0.4, -0.2) is 23.3 Å². The van der Waals surface area contributed by atoms with Gasteiger partial charge in [0.15, 0.2) is 0 Å². The van der Waals surface area contributed by atoms with Gasteiger partial charge in [-0.2, -0.15) is 11.8 Å². The van der Waals surface area contributed by atoms with Gasteiger partial charge in [0, 0.05) is 17.8 Å². The Balaban J connectivity index is 1.89. The number of nitrogens with one attached hydrogen (secondary N) is 2. The minimum absolute atomic E-state index is 0.0348. The van der Waals surface area contributed by atoms with Crippen LogP contribution in [0.25, 0.3) is 0 Å². The van der Waals surface area contributed by atoms with E-state index in [1.54, 1.807) is 11.8 Å². The first-order valence-corrected chi connectivity index (χ1v) is 9.55. The molecular formula is C20H24N2O2S. The summed E-state index contributed by atoms with van der Waals surface area (Å²) in [7, 11) is 0. The lowest BCUT2D eigenvalue weighted by Crippen LogP contribution is -2.24. The fourth-order valence-electron chi connectivity index (χ4n) is 2.23. The third kappa shape index (κ3) is 6.63. The highest BCUT2D eigenvalue weighted by Gasteiger charge is 2.07. The number of carbonyl (C=O) groups excluding carboxylic acids is 2. The largest absolute Gasteiger partial charge is 0.351 e. The topological polar surface area (TPSA) is 58.2 Å². The second-order valence-corrected chi connectivity index (χ2v) is 6.96. The van der Waals surface area contributed by atoms with E-state index in [1.807, 2.05) is 55.5 Å². The molecule has 2 aromatic rings. The Kier molecular flexibility index (Phi) is 7.54. The number of amides is 2. The minimum atomic E-state index is -0.142. The van der Waals surface area contributed by atoms with Gasteiger partial charge in [-0.3, -0.25) is 9.59 Å². The zero-order valence-electron chi connectivity index (χ0n) is 14.7. The van der Waals surface area contributed by atoms with Crippen LogP contribution in [-0.2, 0) is 11.3 Å². The molecule has 0 aromatic heterocycles. The highest BCUT2D eigenvalue weighted by atomic mass is 32.2. The van der Waals surface area contributed by atoms with Crippen molar-refractivity contribution in [3.8, 4) is 0 Å². The van der Waals surface area contributed by atoms with Crippen molar-refractivity contribution < 1.29 is 9.59 Å². The van der Waals surface area contributed by atoms with Gasteiger partial charge >= 0.3 is 0 Å². The molecule has 0 unspecified atom stereocenters. The van der Waals surface area contributed by atoms with Crippen LogP contribution in [0.5, 0.6) is 0 Å². The van der Waals surface area contributed by atoms with Crippen molar-refractivity contribution in [2.45, 2.75) is 26.8 Å². The van der Waals surface area contributed by atoms with Gasteiger partial charge in [-0.25, -0.2) is 0 Å². The predicted molar refractivity (Wildman–Crippen MR) is 105 cm³/mol. The van der Waals surface area contributed by atoms with Crippen LogP contribution in [0, 0.1) is 6.92 Å². The van der Waals surface area contributed by atoms with E-state index in [0.717, 1.165) is 29.0 Å². The molecule has 25 heavy (non-hydrogen) atoms. The van der Waals surface area contributed by atoms with E-state index >= 15 is 0 Å². The molecule has 2 amide bonds. The molecule has 2 aromatic carbocycles. The number of rotatable bonds is 8. The summed E-state index contributed by atoms with van der Waals surface area (Å²) in [6.45, 7) is 4.54. The Hall–Kier alpha value is -2.27. The van der Waals surface area contributed by atoms with Crippen molar-refractivity contribution in [3.63, 3.8) is 0 Å². The highest BCUT2D eigenvalue weighted by Crippen LogP contribution is 2.13. The maximum atomic E-state index is 12.3. The number of benzene rings is 2. The summed E-state index contributed by atoms with van der Waals surface area (Å²) < 4.78 is 0. The van der Waals surface area contributed by atoms with Crippen molar-refractivity contribution in [3.05, 3.63) is 65.2 Å². The number of carbonyl (C=O) groups is 2. The van der Waals surface area contributed by atoms with Crippen LogP contribution in [0.4, 0.5) is 5.69 Å². The quantitative estimate of drug-likeness (QED) is 0.703. The van der Waals surface area contributed by atoms with Crippen molar-refractivity contribution in [2.24, 2.45) is 0 Å². The lowest BCUT2D eigenvalue weighted by Gasteiger charge is -2.09. The maximum absolute atomic E-state index is 12.3. The van der Waals surface area contributed by atoms with Crippen molar-refractivity contribution in [1.29, 1.82) is 0 Å². The maximum Gasteiger partial charge on any atom is 0.255 e. The Bertz CT molecular complexity index is 714. The summed E-state index contributed by atoms with van der Waals surface area (Å²) in [4.78, 5) is 24.0. The Morgan fingerprint density at radius 2 is 1.84 bits per heavy atom. The molecule has 0 aliphatic rings. The highest BCUT2D eigenvalue weighted by molar-refractivity contribution is 7.99. The van der Waals surface area contributed by atoms with Crippen LogP contribution < -0.4 is 10.6 Å². The normalized spacial score (nSPS) is 10.3. The van der Waals surface area contributed by atoms with Gasteiger partial charge in [0.2, 0.25) is 5.91 Å². The number of anilines is 1. The summed E-state index contributed by atoms with van der Waals surface area (Å²) >= 11 is 1.64. The van der Waals surface area contributed by atoms with E-state index in [4.69, 9.17) is 0 Å². The number of aryl methyl sites for hydroxylation is 1. The lowest BCUT2D eigenvalue weighted by atomic mass is 10.1. The van der Waals surface area contributed by atoms with E-state index in [2.05, 4.69) is 17.6 Å². The molecule has 0 aliphatic carbocycles. The summed E-state index contributed by atoms with van der Waals surface area (Å²) in [5, 5.41) is 5.80. The standard InChI is InChI=1S/C20H24N2O2S/c1-3-11-25-14-19(23)21-13-16-5-4-6-18(12-16)22-20(24)17-9-7-15(2)8-10-17/h4-10,12H,3,11,13-14H2,1-2H3,(H,21,23)(H,22,24). The minimum Gasteiger partial charge on any atom is -0.351 e. The van der Waals surface area contributed by atoms with Crippen LogP contribution in [0.3, 0.4) is 0 Å². The molecule has 0 spiro atoms. The molecule has 2 rings (SSSR count). The van der Waals surface area contributed by atoms with Gasteiger partial charge < -0.3 is 10.6 Å². The number of thioether (sulfide) groups is 1. The first-order valence-electron chi connectivity index (χ1n) is 8.40. The van der Waals surface area contributed by atoms with Gasteiger partial charge in [0.05, 0.1) is 5.75 Å². The van der Waals surface area contributed by atoms with Crippen LogP contribution >= 0.6 is 11.8 Å². The average molecular weight is 356 g/mol. The molecule has 0 atom stereocenters. The third-order valence-corrected chi connectivity index (χ3v) is 4.73. The zero-order valence-corrected chi connectivity index (χ0v) is 15.5. The SMILES string of the molecule is CCCSCC(=O)NCc1cccc(NC(=O)c2ccc(C)cc2)c1. The van der Waals surface area contributed by atoms with E-state index in [-0.39, 0.29) is 11.8 Å². The van der Waals surface area contributed by atoms with Gasteiger partial charge in [0.1, 0.15) is 0 Å². The lowest BCUT2D eigenvalue weighted by molar-refractivity contribution is -0.118. The molecular weight excluding hydrogens is 332 g/mol. The summed E-state index contributed by atoms with van der Waals surface area (Å²) in [5.41, 5.74) is 3.41. The Morgan fingerprint density at radius 3 is 2.56 bits per heavy atom. The van der Waals surface area contributed by atoms with Gasteiger partial charge in [-0.15, -0.1) is 0 Å². The van der Waals surface area contributed by atoms with E-state index in [0.29, 0.717) is 17.9 Å². The Morgan fingerprint density at radius 1 is 1.08 bits per heavy atom. The van der Waals surface area contributed by atoms with E-state index < -0.39 is 0 Å². The Labute approximate surface area is 153 Å². The molecule has 0 aliphatic heterocycles. The molecule has 0 heterocycles. The van der Waals surface area contributed by atoms with E-state index in [9.17, 15) is 9.59 Å². The molecule has 5 heteroatoms. The average Bonchev–Trinajstić information content (AvgIpc) is 2.61. The second kappa shape index (κ2) is 9.89. The predicted octanol–water partition coefficient (Wildman–Crippen LogP) is 4.01. The molecule has 0 bridgehead atoms. The fourth-order valence-corrected chi connectivity index (χ4v) is 2.95. The molecule has 2 N–H and O–H groups in total. The van der Waals surface area contributed by atoms with Crippen molar-refractivity contribution in [2.75, 3.05) is 16.8 Å². The molecule has 4 nitrogen and oxygen atoms in total. The monoisotopic (exact) mass is 356 g/mol. The van der Waals surface area contributed by atoms with Gasteiger partial charge in [-0.1, -0.05) is 36.8 Å². The van der Waals surface area contributed by atoms with Gasteiger partial charge in [0.25, 0.3) is 5.91 Å². The fraction of sp³-hybridized carbons (Fsp3) is 0.300. The molecule has 0 radical (unpaired) electrons. The van der Waals surface area contributed by atoms with Crippen LogP contribution in [0.15, 0.2) is 48.5 Å². The third-order valence-electron chi connectivity index (χ3n) is 3.57. The summed E-state index contributed by atoms with van der Waals surface area (Å²) in [6.07, 6.45) is 1.07. The number of hydrogen-bond acceptors (Lipinski definition) is 3. The molecule has 0 saturated heterocycles. The van der Waals surface area contributed by atoms with Crippen LogP contribution in [0.1, 0.15) is 34.8 Å². The van der Waals surface area contributed by atoms with Crippen LogP contribution in [0.2, 0.25) is 0 Å².